The molecule has 1 aromatic carbocycles. The van der Waals surface area contributed by atoms with Gasteiger partial charge in [-0.15, -0.1) is 0 Å². The highest BCUT2D eigenvalue weighted by Gasteiger charge is 2.49. The van der Waals surface area contributed by atoms with E-state index < -0.39 is 47.0 Å². The first-order valence-electron chi connectivity index (χ1n) is 15.7. The number of halogens is 5. The van der Waals surface area contributed by atoms with Crippen LogP contribution in [0.4, 0.5) is 29.2 Å². The lowest BCUT2D eigenvalue weighted by atomic mass is 9.95. The maximum Gasteiger partial charge on any atom is 0.319 e. The van der Waals surface area contributed by atoms with Gasteiger partial charge in [0.15, 0.2) is 11.6 Å². The van der Waals surface area contributed by atoms with Crippen LogP contribution in [-0.2, 0) is 0 Å². The molecule has 0 radical (unpaired) electrons. The van der Waals surface area contributed by atoms with Crippen molar-refractivity contribution in [2.24, 2.45) is 0 Å². The number of benzene rings is 1. The third-order valence-electron chi connectivity index (χ3n) is 9.87. The van der Waals surface area contributed by atoms with Crippen molar-refractivity contribution in [3.05, 3.63) is 62.7 Å². The average Bonchev–Trinajstić information content (AvgIpc) is 3.32. The summed E-state index contributed by atoms with van der Waals surface area (Å²) in [4.78, 5) is 30.1. The molecule has 11 nitrogen and oxygen atoms in total. The quantitative estimate of drug-likeness (QED) is 0.164. The standard InChI is InChI=1S/C32H30ClF4N9O2/c1-13(16-5-14(34)9-39-28(16)38)41-29-24-27(43-31(44-29)48-12-32-3-2-4-46(32)11-15(35)8-32)25(37)26(42-30(24)47)23-18-10-40-45-21(18)7-19(33)22(23)17-6-20(17)36/h5,7,9-10,13,15,17,20H,2-4,6,8,11-12H2,1H3,(H2,38,39)(H,40,45)(H,42,47)(H,41,43,44)/p+1/t13-,15-,17+,20+,32+/m1/s1. The summed E-state index contributed by atoms with van der Waals surface area (Å²) in [5.41, 5.74) is 5.47. The highest BCUT2D eigenvalue weighted by Crippen LogP contribution is 2.52. The van der Waals surface area contributed by atoms with Gasteiger partial charge in [0.05, 0.1) is 34.6 Å². The number of hydrogen-bond acceptors (Lipinski definition) is 8. The molecular weight excluding hydrogens is 654 g/mol. The van der Waals surface area contributed by atoms with Gasteiger partial charge in [-0.05, 0) is 50.4 Å². The number of nitrogen functional groups attached to an aromatic ring is 1. The average molecular weight is 685 g/mol. The third-order valence-corrected chi connectivity index (χ3v) is 10.2. The topological polar surface area (TPSA) is 152 Å². The van der Waals surface area contributed by atoms with E-state index in [1.54, 1.807) is 13.0 Å². The maximum absolute atomic E-state index is 17.0. The fraction of sp³-hybridized carbons (Fsp3) is 0.406. The normalized spacial score (nSPS) is 24.3. The summed E-state index contributed by atoms with van der Waals surface area (Å²) in [6.07, 6.45) is 2.45. The van der Waals surface area contributed by atoms with Crippen molar-refractivity contribution in [1.29, 1.82) is 0 Å². The molecule has 5 atom stereocenters. The molecule has 6 N–H and O–H groups in total. The lowest BCUT2D eigenvalue weighted by Gasteiger charge is -2.30. The summed E-state index contributed by atoms with van der Waals surface area (Å²) in [5, 5.41) is 10.3. The molecule has 16 heteroatoms. The van der Waals surface area contributed by atoms with Gasteiger partial charge in [0.1, 0.15) is 41.9 Å². The number of fused-ring (bicyclic) bond motifs is 3. The van der Waals surface area contributed by atoms with E-state index in [1.807, 2.05) is 0 Å². The molecule has 0 spiro atoms. The van der Waals surface area contributed by atoms with Crippen molar-refractivity contribution in [3.8, 4) is 17.3 Å². The van der Waals surface area contributed by atoms with Gasteiger partial charge in [0, 0.05) is 34.9 Å². The molecule has 4 aromatic heterocycles. The van der Waals surface area contributed by atoms with Crippen molar-refractivity contribution in [1.82, 2.24) is 30.0 Å². The second-order valence-electron chi connectivity index (χ2n) is 13.0. The summed E-state index contributed by atoms with van der Waals surface area (Å²) in [5.74, 6) is -2.03. The van der Waals surface area contributed by atoms with E-state index in [4.69, 9.17) is 22.1 Å². The molecule has 48 heavy (non-hydrogen) atoms. The number of nitrogens with zero attached hydrogens (tertiary/aromatic N) is 4. The molecule has 2 saturated heterocycles. The molecule has 0 unspecified atom stereocenters. The summed E-state index contributed by atoms with van der Waals surface area (Å²) in [6.45, 7) is 2.75. The van der Waals surface area contributed by atoms with Crippen LogP contribution in [-0.4, -0.2) is 67.6 Å². The van der Waals surface area contributed by atoms with E-state index in [0.29, 0.717) is 35.0 Å². The van der Waals surface area contributed by atoms with E-state index in [0.717, 1.165) is 19.2 Å². The lowest BCUT2D eigenvalue weighted by molar-refractivity contribution is -0.364. The van der Waals surface area contributed by atoms with Crippen LogP contribution in [0.2, 0.25) is 5.02 Å². The van der Waals surface area contributed by atoms with Crippen LogP contribution in [0.25, 0.3) is 33.1 Å². The Kier molecular flexibility index (Phi) is 7.25. The number of pyridine rings is 2. The zero-order valence-electron chi connectivity index (χ0n) is 25.6. The summed E-state index contributed by atoms with van der Waals surface area (Å²) < 4.78 is 66.2. The number of anilines is 2. The third kappa shape index (κ3) is 5.02. The Balaban J connectivity index is 1.29. The van der Waals surface area contributed by atoms with Crippen molar-refractivity contribution in [3.63, 3.8) is 0 Å². The van der Waals surface area contributed by atoms with Gasteiger partial charge in [0.2, 0.25) is 0 Å². The SMILES string of the molecule is C[C@@H](Nc1nc(OC[C@@]23CCCN2C[C@H](F)C3)nc2c(F)c(-c3c([C@H]4C[C@@H]4F)c(Cl)cc4[nH]ncc34)[nH]c(=O)c12)c1cc(F)c[nH+]c1N. The molecule has 8 rings (SSSR count). The molecule has 3 aliphatic rings. The number of ether oxygens (including phenoxy) is 1. The Morgan fingerprint density at radius 2 is 2.10 bits per heavy atom. The number of nitrogens with one attached hydrogen (secondary N) is 4. The number of H-pyrrole nitrogens is 3. The second kappa shape index (κ2) is 11.3. The smallest absolute Gasteiger partial charge is 0.319 e. The monoisotopic (exact) mass is 684 g/mol. The van der Waals surface area contributed by atoms with Gasteiger partial charge in [-0.25, -0.2) is 22.5 Å². The molecule has 0 amide bonds. The largest absolute Gasteiger partial charge is 0.461 e. The Morgan fingerprint density at radius 3 is 2.90 bits per heavy atom. The van der Waals surface area contributed by atoms with Crippen LogP contribution in [0.3, 0.4) is 0 Å². The lowest BCUT2D eigenvalue weighted by Crippen LogP contribution is -2.43. The van der Waals surface area contributed by atoms with Gasteiger partial charge in [-0.1, -0.05) is 11.6 Å². The summed E-state index contributed by atoms with van der Waals surface area (Å²) in [7, 11) is 0. The molecule has 250 valence electrons. The number of aromatic nitrogens is 6. The minimum Gasteiger partial charge on any atom is -0.461 e. The minimum absolute atomic E-state index is 0.0467. The van der Waals surface area contributed by atoms with E-state index in [-0.39, 0.29) is 64.3 Å². The van der Waals surface area contributed by atoms with E-state index in [2.05, 4.69) is 40.3 Å². The van der Waals surface area contributed by atoms with Crippen molar-refractivity contribution < 1.29 is 27.3 Å². The molecule has 3 fully saturated rings. The van der Waals surface area contributed by atoms with Crippen LogP contribution in [0.15, 0.2) is 29.3 Å². The molecule has 1 aliphatic carbocycles. The molecule has 1 saturated carbocycles. The summed E-state index contributed by atoms with van der Waals surface area (Å²) in [6, 6.07) is 1.84. The fourth-order valence-electron chi connectivity index (χ4n) is 7.46. The number of hydrogen-bond donors (Lipinski definition) is 4. The Labute approximate surface area is 275 Å². The molecule has 0 bridgehead atoms. The predicted molar refractivity (Wildman–Crippen MR) is 170 cm³/mol. The molecule has 5 aromatic rings. The summed E-state index contributed by atoms with van der Waals surface area (Å²) >= 11 is 6.62. The van der Waals surface area contributed by atoms with Gasteiger partial charge < -0.3 is 15.0 Å². The highest BCUT2D eigenvalue weighted by molar-refractivity contribution is 6.33. The molecular formula is C32H31ClF4N9O2+. The number of nitrogens with two attached hydrogens (primary N) is 1. The van der Waals surface area contributed by atoms with Crippen molar-refractivity contribution >= 4 is 45.0 Å². The zero-order valence-corrected chi connectivity index (χ0v) is 26.4. The van der Waals surface area contributed by atoms with Gasteiger partial charge in [-0.3, -0.25) is 20.5 Å². The first-order chi connectivity index (χ1) is 23.0. The van der Waals surface area contributed by atoms with E-state index >= 15 is 4.39 Å². The Hall–Kier alpha value is -4.50. The fourth-order valence-corrected chi connectivity index (χ4v) is 7.80. The van der Waals surface area contributed by atoms with Gasteiger partial charge in [-0.2, -0.15) is 15.1 Å². The van der Waals surface area contributed by atoms with Crippen molar-refractivity contribution in [2.45, 2.75) is 62.4 Å². The number of rotatable bonds is 8. The van der Waals surface area contributed by atoms with Gasteiger partial charge in [0.25, 0.3) is 11.4 Å². The molecule has 2 aliphatic heterocycles. The number of alkyl halides is 2. The second-order valence-corrected chi connectivity index (χ2v) is 13.4. The van der Waals surface area contributed by atoms with Gasteiger partial charge >= 0.3 is 6.01 Å². The predicted octanol–water partition coefficient (Wildman–Crippen LogP) is 5.14. The van der Waals surface area contributed by atoms with Crippen LogP contribution < -0.4 is 26.3 Å². The first kappa shape index (κ1) is 30.8. The van der Waals surface area contributed by atoms with Crippen LogP contribution in [0, 0.1) is 11.6 Å². The Bertz CT molecular complexity index is 2160. The van der Waals surface area contributed by atoms with Crippen molar-refractivity contribution in [2.75, 3.05) is 30.7 Å². The van der Waals surface area contributed by atoms with E-state index in [9.17, 15) is 18.0 Å². The van der Waals surface area contributed by atoms with E-state index in [1.165, 1.54) is 12.3 Å². The van der Waals surface area contributed by atoms with Crippen LogP contribution >= 0.6 is 11.6 Å². The van der Waals surface area contributed by atoms with Crippen LogP contribution in [0.5, 0.6) is 6.01 Å². The minimum atomic E-state index is -1.18. The zero-order chi connectivity index (χ0) is 33.5. The molecule has 6 heterocycles. The first-order valence-corrected chi connectivity index (χ1v) is 16.1. The van der Waals surface area contributed by atoms with Crippen LogP contribution in [0.1, 0.15) is 55.7 Å². The highest BCUT2D eigenvalue weighted by atomic mass is 35.5. The Morgan fingerprint density at radius 1 is 1.29 bits per heavy atom. The number of aromatic amines is 3. The maximum atomic E-state index is 17.0.